The van der Waals surface area contributed by atoms with Crippen LogP contribution < -0.4 is 24.4 Å². The molecule has 0 fully saturated rings. The Balaban J connectivity index is 1.64. The number of carbonyl (C=O) groups is 1. The Hall–Kier alpha value is -3.71. The molecule has 0 aliphatic rings. The molecule has 1 amide bonds. The van der Waals surface area contributed by atoms with Crippen LogP contribution in [0.3, 0.4) is 0 Å². The van der Waals surface area contributed by atoms with Gasteiger partial charge < -0.3 is 18.9 Å². The average Bonchev–Trinajstić information content (AvgIpc) is 2.82. The van der Waals surface area contributed by atoms with Crippen LogP contribution in [0.15, 0.2) is 65.8 Å². The van der Waals surface area contributed by atoms with Gasteiger partial charge in [0.1, 0.15) is 12.4 Å². The smallest absolute Gasteiger partial charge is 0.271 e. The number of carbonyl (C=O) groups excluding carboxylic acids is 1. The van der Waals surface area contributed by atoms with Crippen molar-refractivity contribution in [3.05, 3.63) is 82.4 Å². The lowest BCUT2D eigenvalue weighted by Gasteiger charge is -2.13. The third kappa shape index (κ3) is 5.92. The molecular weight excluding hydrogens is 432 g/mol. The number of hydrogen-bond acceptors (Lipinski definition) is 6. The van der Waals surface area contributed by atoms with Gasteiger partial charge in [0.2, 0.25) is 5.75 Å². The fourth-order valence-corrected chi connectivity index (χ4v) is 3.00. The van der Waals surface area contributed by atoms with Gasteiger partial charge in [0.05, 0.1) is 27.5 Å². The van der Waals surface area contributed by atoms with Crippen LogP contribution in [0.5, 0.6) is 23.0 Å². The zero-order valence-electron chi connectivity index (χ0n) is 17.9. The van der Waals surface area contributed by atoms with E-state index in [0.29, 0.717) is 40.2 Å². The molecule has 32 heavy (non-hydrogen) atoms. The van der Waals surface area contributed by atoms with Gasteiger partial charge in [-0.1, -0.05) is 35.9 Å². The fraction of sp³-hybridized carbons (Fsp3) is 0.167. The number of ether oxygens (including phenoxy) is 4. The molecule has 1 N–H and O–H groups in total. The van der Waals surface area contributed by atoms with Crippen molar-refractivity contribution in [2.45, 2.75) is 6.61 Å². The Morgan fingerprint density at radius 2 is 1.66 bits per heavy atom. The lowest BCUT2D eigenvalue weighted by atomic mass is 10.1. The van der Waals surface area contributed by atoms with E-state index in [-0.39, 0.29) is 0 Å². The van der Waals surface area contributed by atoms with Crippen molar-refractivity contribution in [1.29, 1.82) is 0 Å². The molecule has 166 valence electrons. The van der Waals surface area contributed by atoms with E-state index in [1.165, 1.54) is 27.5 Å². The molecule has 0 saturated carbocycles. The molecular formula is C24H23ClN2O5. The Morgan fingerprint density at radius 3 is 2.28 bits per heavy atom. The van der Waals surface area contributed by atoms with Crippen molar-refractivity contribution in [2.75, 3.05) is 21.3 Å². The molecule has 0 atom stereocenters. The van der Waals surface area contributed by atoms with E-state index in [1.807, 2.05) is 48.5 Å². The summed E-state index contributed by atoms with van der Waals surface area (Å²) in [6, 6.07) is 17.9. The number of hydrazone groups is 1. The van der Waals surface area contributed by atoms with Gasteiger partial charge in [0.15, 0.2) is 11.5 Å². The molecule has 3 rings (SSSR count). The summed E-state index contributed by atoms with van der Waals surface area (Å²) in [5.74, 6) is 1.43. The molecule has 0 heterocycles. The second kappa shape index (κ2) is 11.1. The minimum atomic E-state index is -0.421. The lowest BCUT2D eigenvalue weighted by molar-refractivity contribution is 0.0954. The van der Waals surface area contributed by atoms with Crippen molar-refractivity contribution in [3.8, 4) is 23.0 Å². The number of nitrogens with one attached hydrogen (secondary N) is 1. The van der Waals surface area contributed by atoms with Crippen LogP contribution in [0, 0.1) is 0 Å². The van der Waals surface area contributed by atoms with Crippen molar-refractivity contribution in [3.63, 3.8) is 0 Å². The van der Waals surface area contributed by atoms with E-state index in [4.69, 9.17) is 30.5 Å². The predicted molar refractivity (Wildman–Crippen MR) is 123 cm³/mol. The first kappa shape index (κ1) is 23.0. The molecule has 0 bridgehead atoms. The summed E-state index contributed by atoms with van der Waals surface area (Å²) in [4.78, 5) is 12.5. The number of halogens is 1. The van der Waals surface area contributed by atoms with Gasteiger partial charge in [0, 0.05) is 10.6 Å². The summed E-state index contributed by atoms with van der Waals surface area (Å²) in [6.07, 6.45) is 1.53. The quantitative estimate of drug-likeness (QED) is 0.374. The standard InChI is InChI=1S/C24H23ClN2O5/c1-29-21-12-18(13-22(30-2)23(21)31-3)24(28)27-26-14-17-5-4-6-20(11-17)32-15-16-7-9-19(25)10-8-16/h4-14H,15H2,1-3H3,(H,27,28)/b26-14-. The number of methoxy groups -OCH3 is 3. The maximum absolute atomic E-state index is 12.5. The van der Waals surface area contributed by atoms with E-state index in [1.54, 1.807) is 12.1 Å². The largest absolute Gasteiger partial charge is 0.493 e. The number of amides is 1. The second-order valence-electron chi connectivity index (χ2n) is 6.60. The highest BCUT2D eigenvalue weighted by molar-refractivity contribution is 6.30. The van der Waals surface area contributed by atoms with E-state index < -0.39 is 5.91 Å². The maximum Gasteiger partial charge on any atom is 0.271 e. The van der Waals surface area contributed by atoms with Gasteiger partial charge in [-0.2, -0.15) is 5.10 Å². The van der Waals surface area contributed by atoms with Gasteiger partial charge in [-0.05, 0) is 47.5 Å². The lowest BCUT2D eigenvalue weighted by Crippen LogP contribution is -2.18. The Labute approximate surface area is 191 Å². The Kier molecular flexibility index (Phi) is 7.94. The maximum atomic E-state index is 12.5. The monoisotopic (exact) mass is 454 g/mol. The summed E-state index contributed by atoms with van der Waals surface area (Å²) in [5, 5.41) is 4.71. The van der Waals surface area contributed by atoms with E-state index in [2.05, 4.69) is 10.5 Å². The fourth-order valence-electron chi connectivity index (χ4n) is 2.87. The van der Waals surface area contributed by atoms with Crippen LogP contribution in [0.25, 0.3) is 0 Å². The summed E-state index contributed by atoms with van der Waals surface area (Å²) in [6.45, 7) is 0.412. The minimum absolute atomic E-state index is 0.316. The topological polar surface area (TPSA) is 78.4 Å². The van der Waals surface area contributed by atoms with Crippen LogP contribution in [0.4, 0.5) is 0 Å². The van der Waals surface area contributed by atoms with Crippen LogP contribution >= 0.6 is 11.6 Å². The first-order valence-corrected chi connectivity index (χ1v) is 10.0. The number of nitrogens with zero attached hydrogens (tertiary/aromatic N) is 1. The van der Waals surface area contributed by atoms with Crippen molar-refractivity contribution >= 4 is 23.7 Å². The zero-order chi connectivity index (χ0) is 22.9. The summed E-state index contributed by atoms with van der Waals surface area (Å²) < 4.78 is 21.6. The van der Waals surface area contributed by atoms with Crippen molar-refractivity contribution in [1.82, 2.24) is 5.43 Å². The number of benzene rings is 3. The van der Waals surface area contributed by atoms with Gasteiger partial charge in [-0.3, -0.25) is 4.79 Å². The molecule has 0 saturated heterocycles. The molecule has 8 heteroatoms. The van der Waals surface area contributed by atoms with Gasteiger partial charge in [-0.15, -0.1) is 0 Å². The molecule has 0 radical (unpaired) electrons. The molecule has 0 spiro atoms. The molecule has 0 aromatic heterocycles. The van der Waals surface area contributed by atoms with E-state index in [9.17, 15) is 4.79 Å². The molecule has 3 aromatic rings. The van der Waals surface area contributed by atoms with Crippen LogP contribution in [-0.2, 0) is 6.61 Å². The Morgan fingerprint density at radius 1 is 0.969 bits per heavy atom. The number of hydrogen-bond donors (Lipinski definition) is 1. The third-order valence-electron chi connectivity index (χ3n) is 4.48. The molecule has 3 aromatic carbocycles. The average molecular weight is 455 g/mol. The highest BCUT2D eigenvalue weighted by atomic mass is 35.5. The highest BCUT2D eigenvalue weighted by Gasteiger charge is 2.16. The molecule has 7 nitrogen and oxygen atoms in total. The zero-order valence-corrected chi connectivity index (χ0v) is 18.7. The first-order valence-electron chi connectivity index (χ1n) is 9.64. The Bertz CT molecular complexity index is 1070. The predicted octanol–water partition coefficient (Wildman–Crippen LogP) is 4.71. The SMILES string of the molecule is COc1cc(C(=O)N/N=C\c2cccc(OCc3ccc(Cl)cc3)c2)cc(OC)c1OC. The van der Waals surface area contributed by atoms with Crippen molar-refractivity contribution in [2.24, 2.45) is 5.10 Å². The molecule has 0 unspecified atom stereocenters. The number of rotatable bonds is 9. The second-order valence-corrected chi connectivity index (χ2v) is 7.04. The van der Waals surface area contributed by atoms with Gasteiger partial charge in [-0.25, -0.2) is 5.43 Å². The third-order valence-corrected chi connectivity index (χ3v) is 4.74. The summed E-state index contributed by atoms with van der Waals surface area (Å²) >= 11 is 5.90. The van der Waals surface area contributed by atoms with Crippen LogP contribution in [0.1, 0.15) is 21.5 Å². The molecule has 0 aliphatic carbocycles. The minimum Gasteiger partial charge on any atom is -0.493 e. The molecule has 0 aliphatic heterocycles. The normalized spacial score (nSPS) is 10.6. The van der Waals surface area contributed by atoms with Crippen LogP contribution in [-0.4, -0.2) is 33.5 Å². The first-order chi connectivity index (χ1) is 15.5. The van der Waals surface area contributed by atoms with E-state index >= 15 is 0 Å². The summed E-state index contributed by atoms with van der Waals surface area (Å²) in [7, 11) is 4.47. The summed E-state index contributed by atoms with van der Waals surface area (Å²) in [5.41, 5.74) is 4.58. The highest BCUT2D eigenvalue weighted by Crippen LogP contribution is 2.38. The van der Waals surface area contributed by atoms with E-state index in [0.717, 1.165) is 11.1 Å². The van der Waals surface area contributed by atoms with Crippen molar-refractivity contribution < 1.29 is 23.7 Å². The van der Waals surface area contributed by atoms with Crippen LogP contribution in [0.2, 0.25) is 5.02 Å². The van der Waals surface area contributed by atoms with Gasteiger partial charge >= 0.3 is 0 Å². The van der Waals surface area contributed by atoms with Gasteiger partial charge in [0.25, 0.3) is 5.91 Å².